The van der Waals surface area contributed by atoms with Crippen LogP contribution in [0.3, 0.4) is 0 Å². The minimum absolute atomic E-state index is 0.534. The Labute approximate surface area is 94.9 Å². The highest BCUT2D eigenvalue weighted by Crippen LogP contribution is 2.13. The Morgan fingerprint density at radius 3 is 2.62 bits per heavy atom. The summed E-state index contributed by atoms with van der Waals surface area (Å²) in [6.07, 6.45) is 1.25. The molecule has 0 saturated heterocycles. The van der Waals surface area contributed by atoms with Crippen LogP contribution in [0.2, 0.25) is 0 Å². The molecule has 1 aromatic rings. The molecule has 0 heterocycles. The maximum Gasteiger partial charge on any atom is 0.106 e. The topological polar surface area (TPSA) is 48.8 Å². The van der Waals surface area contributed by atoms with Crippen LogP contribution in [0, 0.1) is 0 Å². The summed E-state index contributed by atoms with van der Waals surface area (Å²) >= 11 is 0. The standard InChI is InChI=1S/C12H16FN3/c1-10(13)12(15-16-14)9-5-8-11-6-3-2-4-7-11/h2-4,6-7,10,12H,5,8-9H2,1H3/t10-,12+/m1/s1. The number of alkyl halides is 1. The van der Waals surface area contributed by atoms with Crippen molar-refractivity contribution in [2.45, 2.75) is 38.4 Å². The van der Waals surface area contributed by atoms with Crippen molar-refractivity contribution in [2.24, 2.45) is 5.11 Å². The van der Waals surface area contributed by atoms with E-state index in [0.717, 1.165) is 12.8 Å². The van der Waals surface area contributed by atoms with E-state index in [1.54, 1.807) is 0 Å². The van der Waals surface area contributed by atoms with Gasteiger partial charge >= 0.3 is 0 Å². The monoisotopic (exact) mass is 221 g/mol. The maximum absolute atomic E-state index is 13.0. The molecule has 0 aliphatic rings. The molecule has 86 valence electrons. The van der Waals surface area contributed by atoms with Gasteiger partial charge in [-0.3, -0.25) is 0 Å². The Bertz CT molecular complexity index is 345. The molecule has 0 radical (unpaired) electrons. The van der Waals surface area contributed by atoms with Gasteiger partial charge in [0.05, 0.1) is 6.04 Å². The fourth-order valence-corrected chi connectivity index (χ4v) is 1.61. The van der Waals surface area contributed by atoms with Gasteiger partial charge in [0.2, 0.25) is 0 Å². The zero-order valence-corrected chi connectivity index (χ0v) is 9.38. The third-order valence-corrected chi connectivity index (χ3v) is 2.54. The van der Waals surface area contributed by atoms with Gasteiger partial charge in [-0.05, 0) is 37.3 Å². The highest BCUT2D eigenvalue weighted by atomic mass is 19.1. The number of aryl methyl sites for hydroxylation is 1. The van der Waals surface area contributed by atoms with Crippen molar-refractivity contribution in [3.63, 3.8) is 0 Å². The van der Waals surface area contributed by atoms with E-state index in [-0.39, 0.29) is 0 Å². The van der Waals surface area contributed by atoms with E-state index >= 15 is 0 Å². The van der Waals surface area contributed by atoms with Crippen LogP contribution in [-0.4, -0.2) is 12.2 Å². The van der Waals surface area contributed by atoms with Gasteiger partial charge in [0.15, 0.2) is 0 Å². The lowest BCUT2D eigenvalue weighted by molar-refractivity contribution is 0.292. The molecule has 0 unspecified atom stereocenters. The molecule has 4 heteroatoms. The molecule has 0 saturated carbocycles. The molecular formula is C12H16FN3. The normalized spacial score (nSPS) is 13.9. The van der Waals surface area contributed by atoms with Gasteiger partial charge in [-0.1, -0.05) is 35.4 Å². The van der Waals surface area contributed by atoms with Crippen LogP contribution in [0.4, 0.5) is 4.39 Å². The fourth-order valence-electron chi connectivity index (χ4n) is 1.61. The second-order valence-electron chi connectivity index (χ2n) is 3.83. The zero-order chi connectivity index (χ0) is 11.8. The number of rotatable bonds is 6. The number of benzene rings is 1. The third-order valence-electron chi connectivity index (χ3n) is 2.54. The minimum Gasteiger partial charge on any atom is -0.247 e. The van der Waals surface area contributed by atoms with Gasteiger partial charge < -0.3 is 0 Å². The summed E-state index contributed by atoms with van der Waals surface area (Å²) in [6.45, 7) is 1.43. The molecular weight excluding hydrogens is 205 g/mol. The Hall–Kier alpha value is -1.54. The summed E-state index contributed by atoms with van der Waals surface area (Å²) in [5.74, 6) is 0. The molecule has 0 amide bonds. The second-order valence-corrected chi connectivity index (χ2v) is 3.83. The first-order chi connectivity index (χ1) is 7.74. The van der Waals surface area contributed by atoms with Crippen molar-refractivity contribution in [3.05, 3.63) is 46.3 Å². The number of hydrogen-bond donors (Lipinski definition) is 0. The van der Waals surface area contributed by atoms with E-state index in [1.807, 2.05) is 30.3 Å². The Morgan fingerprint density at radius 2 is 2.06 bits per heavy atom. The average Bonchev–Trinajstić information content (AvgIpc) is 2.29. The van der Waals surface area contributed by atoms with Crippen molar-refractivity contribution >= 4 is 0 Å². The largest absolute Gasteiger partial charge is 0.247 e. The summed E-state index contributed by atoms with van der Waals surface area (Å²) in [4.78, 5) is 2.67. The molecule has 0 aromatic heterocycles. The molecule has 16 heavy (non-hydrogen) atoms. The Kier molecular flexibility index (Phi) is 5.37. The number of nitrogens with zero attached hydrogens (tertiary/aromatic N) is 3. The first-order valence-corrected chi connectivity index (χ1v) is 5.46. The summed E-state index contributed by atoms with van der Waals surface area (Å²) < 4.78 is 13.0. The minimum atomic E-state index is -1.08. The molecule has 1 rings (SSSR count). The van der Waals surface area contributed by atoms with Crippen molar-refractivity contribution in [2.75, 3.05) is 0 Å². The Balaban J connectivity index is 2.36. The lowest BCUT2D eigenvalue weighted by atomic mass is 10.0. The fraction of sp³-hybridized carbons (Fsp3) is 0.500. The molecule has 0 N–H and O–H groups in total. The van der Waals surface area contributed by atoms with E-state index < -0.39 is 12.2 Å². The number of halogens is 1. The Morgan fingerprint density at radius 1 is 1.38 bits per heavy atom. The van der Waals surface area contributed by atoms with Crippen LogP contribution >= 0.6 is 0 Å². The van der Waals surface area contributed by atoms with Gasteiger partial charge in [0.25, 0.3) is 0 Å². The average molecular weight is 221 g/mol. The van der Waals surface area contributed by atoms with Crippen molar-refractivity contribution in [1.29, 1.82) is 0 Å². The van der Waals surface area contributed by atoms with Gasteiger partial charge in [-0.25, -0.2) is 4.39 Å². The highest BCUT2D eigenvalue weighted by molar-refractivity contribution is 5.14. The predicted molar refractivity (Wildman–Crippen MR) is 62.9 cm³/mol. The first-order valence-electron chi connectivity index (χ1n) is 5.46. The van der Waals surface area contributed by atoms with Gasteiger partial charge in [-0.2, -0.15) is 0 Å². The molecule has 1 aromatic carbocycles. The summed E-state index contributed by atoms with van der Waals surface area (Å²) in [5.41, 5.74) is 9.52. The number of hydrogen-bond acceptors (Lipinski definition) is 1. The van der Waals surface area contributed by atoms with E-state index in [2.05, 4.69) is 10.0 Å². The van der Waals surface area contributed by atoms with Crippen LogP contribution in [0.1, 0.15) is 25.3 Å². The molecule has 0 aliphatic carbocycles. The van der Waals surface area contributed by atoms with Crippen LogP contribution in [0.15, 0.2) is 35.4 Å². The van der Waals surface area contributed by atoms with Crippen LogP contribution in [-0.2, 0) is 6.42 Å². The zero-order valence-electron chi connectivity index (χ0n) is 9.38. The van der Waals surface area contributed by atoms with E-state index in [0.29, 0.717) is 6.42 Å². The smallest absolute Gasteiger partial charge is 0.106 e. The molecule has 3 nitrogen and oxygen atoms in total. The van der Waals surface area contributed by atoms with Crippen molar-refractivity contribution in [1.82, 2.24) is 0 Å². The van der Waals surface area contributed by atoms with Crippen LogP contribution in [0.25, 0.3) is 10.4 Å². The SMILES string of the molecule is C[C@@H](F)[C@H](CCCc1ccccc1)N=[N+]=[N-]. The molecule has 0 aliphatic heterocycles. The maximum atomic E-state index is 13.0. The summed E-state index contributed by atoms with van der Waals surface area (Å²) in [6, 6.07) is 9.49. The molecule has 0 spiro atoms. The van der Waals surface area contributed by atoms with Crippen LogP contribution < -0.4 is 0 Å². The van der Waals surface area contributed by atoms with Crippen molar-refractivity contribution < 1.29 is 4.39 Å². The third kappa shape index (κ3) is 4.32. The highest BCUT2D eigenvalue weighted by Gasteiger charge is 2.13. The predicted octanol–water partition coefficient (Wildman–Crippen LogP) is 4.05. The molecule has 0 bridgehead atoms. The van der Waals surface area contributed by atoms with E-state index in [9.17, 15) is 4.39 Å². The van der Waals surface area contributed by atoms with Crippen molar-refractivity contribution in [3.8, 4) is 0 Å². The van der Waals surface area contributed by atoms with E-state index in [1.165, 1.54) is 12.5 Å². The lowest BCUT2D eigenvalue weighted by Gasteiger charge is -2.11. The molecule has 2 atom stereocenters. The van der Waals surface area contributed by atoms with Gasteiger partial charge in [0, 0.05) is 4.91 Å². The number of azide groups is 1. The van der Waals surface area contributed by atoms with Gasteiger partial charge in [-0.15, -0.1) is 0 Å². The molecule has 0 fully saturated rings. The van der Waals surface area contributed by atoms with Gasteiger partial charge in [0.1, 0.15) is 6.17 Å². The summed E-state index contributed by atoms with van der Waals surface area (Å²) in [7, 11) is 0. The lowest BCUT2D eigenvalue weighted by Crippen LogP contribution is -2.16. The quantitative estimate of drug-likeness (QED) is 0.395. The second kappa shape index (κ2) is 6.85. The first kappa shape index (κ1) is 12.5. The van der Waals surface area contributed by atoms with E-state index in [4.69, 9.17) is 5.53 Å². The van der Waals surface area contributed by atoms with Crippen LogP contribution in [0.5, 0.6) is 0 Å². The summed E-state index contributed by atoms with van der Waals surface area (Å²) in [5, 5.41) is 3.46.